The summed E-state index contributed by atoms with van der Waals surface area (Å²) in [5.74, 6) is 0.162. The van der Waals surface area contributed by atoms with Crippen LogP contribution in [-0.2, 0) is 6.42 Å². The molecule has 7 rings (SSSR count). The summed E-state index contributed by atoms with van der Waals surface area (Å²) in [4.78, 5) is 15.0. The van der Waals surface area contributed by atoms with Crippen molar-refractivity contribution in [3.63, 3.8) is 0 Å². The highest BCUT2D eigenvalue weighted by Gasteiger charge is 2.16. The average molecular weight is 612 g/mol. The van der Waals surface area contributed by atoms with Crippen LogP contribution in [0.15, 0.2) is 103 Å². The molecule has 0 spiro atoms. The maximum Gasteiger partial charge on any atom is 0.135 e. The summed E-state index contributed by atoms with van der Waals surface area (Å²) in [5.41, 5.74) is 9.58. The third kappa shape index (κ3) is 6.31. The maximum absolute atomic E-state index is 14.7. The zero-order valence-electron chi connectivity index (χ0n) is 25.7. The van der Waals surface area contributed by atoms with Crippen LogP contribution in [0.25, 0.3) is 55.7 Å². The molecule has 8 nitrogen and oxygen atoms in total. The molecule has 0 fully saturated rings. The normalized spacial score (nSPS) is 11.5. The minimum atomic E-state index is -0.343. The van der Waals surface area contributed by atoms with E-state index in [0.717, 1.165) is 75.2 Å². The summed E-state index contributed by atoms with van der Waals surface area (Å²) in [7, 11) is 3.95. The lowest BCUT2D eigenvalue weighted by atomic mass is 10.0. The fourth-order valence-electron chi connectivity index (χ4n) is 5.60. The van der Waals surface area contributed by atoms with Gasteiger partial charge in [-0.1, -0.05) is 42.5 Å². The average Bonchev–Trinajstić information content (AvgIpc) is 3.69. The van der Waals surface area contributed by atoms with E-state index in [1.54, 1.807) is 0 Å². The van der Waals surface area contributed by atoms with Gasteiger partial charge in [0.25, 0.3) is 0 Å². The van der Waals surface area contributed by atoms with Gasteiger partial charge in [-0.2, -0.15) is 5.10 Å². The second kappa shape index (κ2) is 12.8. The van der Waals surface area contributed by atoms with Crippen molar-refractivity contribution in [3.8, 4) is 39.5 Å². The van der Waals surface area contributed by atoms with Gasteiger partial charge in [0, 0.05) is 48.0 Å². The Morgan fingerprint density at radius 3 is 2.63 bits per heavy atom. The summed E-state index contributed by atoms with van der Waals surface area (Å²) in [6.07, 6.45) is 4.57. The molecular formula is C37H34FN7O. The van der Waals surface area contributed by atoms with Crippen LogP contribution in [0.1, 0.15) is 5.56 Å². The van der Waals surface area contributed by atoms with Crippen molar-refractivity contribution in [2.45, 2.75) is 6.42 Å². The highest BCUT2D eigenvalue weighted by Crippen LogP contribution is 2.36. The summed E-state index contributed by atoms with van der Waals surface area (Å²) < 4.78 is 20.6. The molecule has 0 amide bonds. The van der Waals surface area contributed by atoms with E-state index in [0.29, 0.717) is 18.1 Å². The van der Waals surface area contributed by atoms with Crippen molar-refractivity contribution in [3.05, 3.63) is 115 Å². The number of pyridine rings is 2. The van der Waals surface area contributed by atoms with Crippen LogP contribution in [-0.4, -0.2) is 63.8 Å². The molecule has 0 radical (unpaired) electrons. The monoisotopic (exact) mass is 611 g/mol. The molecule has 3 aromatic carbocycles. The van der Waals surface area contributed by atoms with Crippen molar-refractivity contribution in [1.82, 2.24) is 30.0 Å². The van der Waals surface area contributed by atoms with Crippen molar-refractivity contribution >= 4 is 27.6 Å². The molecule has 0 aliphatic heterocycles. The fourth-order valence-corrected chi connectivity index (χ4v) is 5.60. The third-order valence-corrected chi connectivity index (χ3v) is 7.94. The molecule has 9 heteroatoms. The number of fused-ring (bicyclic) bond motifs is 2. The number of benzene rings is 3. The number of hydrogen-bond donors (Lipinski definition) is 3. The maximum atomic E-state index is 14.7. The SMILES string of the molecule is CN(C)CCOc1cc(F)cc(-c2cccc3[nH]c(-c4n[nH]c5ccc(-c6cncc(NCCc7ccccc7)c6)nc45)cc23)c1. The number of halogens is 1. The van der Waals surface area contributed by atoms with Gasteiger partial charge in [0.2, 0.25) is 0 Å². The van der Waals surface area contributed by atoms with Crippen LogP contribution >= 0.6 is 0 Å². The van der Waals surface area contributed by atoms with Crippen LogP contribution < -0.4 is 10.1 Å². The molecule has 4 aromatic heterocycles. The quantitative estimate of drug-likeness (QED) is 0.140. The highest BCUT2D eigenvalue weighted by molar-refractivity contribution is 6.00. The lowest BCUT2D eigenvalue weighted by Gasteiger charge is -2.12. The van der Waals surface area contributed by atoms with E-state index in [-0.39, 0.29) is 5.82 Å². The van der Waals surface area contributed by atoms with Gasteiger partial charge in [0.05, 0.1) is 22.6 Å². The Morgan fingerprint density at radius 1 is 0.870 bits per heavy atom. The Bertz CT molecular complexity index is 2120. The zero-order valence-corrected chi connectivity index (χ0v) is 25.7. The van der Waals surface area contributed by atoms with Crippen molar-refractivity contribution < 1.29 is 9.13 Å². The summed E-state index contributed by atoms with van der Waals surface area (Å²) >= 11 is 0. The summed E-state index contributed by atoms with van der Waals surface area (Å²) in [6.45, 7) is 2.01. The lowest BCUT2D eigenvalue weighted by Crippen LogP contribution is -2.19. The van der Waals surface area contributed by atoms with Gasteiger partial charge in [-0.25, -0.2) is 9.37 Å². The predicted octanol–water partition coefficient (Wildman–Crippen LogP) is 7.57. The van der Waals surface area contributed by atoms with Crippen LogP contribution in [0.5, 0.6) is 5.75 Å². The number of aromatic nitrogens is 5. The Labute approximate surface area is 266 Å². The summed E-state index contributed by atoms with van der Waals surface area (Å²) in [5, 5.41) is 12.2. The standard InChI is InChI=1S/C37H34FN7O/c1-45(2)15-16-46-29-19-25(17-27(38)20-29)30-9-6-10-33-31(30)21-35(41-33)37-36-34(43-44-37)12-11-32(42-36)26-18-28(23-39-22-26)40-14-13-24-7-4-3-5-8-24/h3-12,17-23,40-41H,13-16H2,1-2H3,(H,43,44). The van der Waals surface area contributed by atoms with Crippen molar-refractivity contribution in [2.24, 2.45) is 0 Å². The van der Waals surface area contributed by atoms with E-state index in [9.17, 15) is 4.39 Å². The molecule has 7 aromatic rings. The molecule has 0 unspecified atom stereocenters. The first-order valence-electron chi connectivity index (χ1n) is 15.3. The van der Waals surface area contributed by atoms with Crippen molar-refractivity contribution in [1.29, 1.82) is 0 Å². The van der Waals surface area contributed by atoms with Gasteiger partial charge in [0.1, 0.15) is 29.4 Å². The molecule has 46 heavy (non-hydrogen) atoms. The molecule has 0 saturated carbocycles. The van der Waals surface area contributed by atoms with E-state index in [4.69, 9.17) is 9.72 Å². The number of hydrogen-bond acceptors (Lipinski definition) is 6. The minimum Gasteiger partial charge on any atom is -0.492 e. The molecule has 0 atom stereocenters. The first-order chi connectivity index (χ1) is 22.5. The number of nitrogens with one attached hydrogen (secondary N) is 3. The number of anilines is 1. The number of H-pyrrole nitrogens is 2. The molecular weight excluding hydrogens is 577 g/mol. The van der Waals surface area contributed by atoms with Gasteiger partial charge in [-0.15, -0.1) is 0 Å². The van der Waals surface area contributed by atoms with Crippen LogP contribution in [0.4, 0.5) is 10.1 Å². The molecule has 0 bridgehead atoms. The molecule has 4 heterocycles. The molecule has 0 aliphatic carbocycles. The summed E-state index contributed by atoms with van der Waals surface area (Å²) in [6, 6.07) is 29.3. The molecule has 0 saturated heterocycles. The molecule has 230 valence electrons. The van der Waals surface area contributed by atoms with Gasteiger partial charge in [-0.3, -0.25) is 10.1 Å². The first kappa shape index (κ1) is 29.2. The topological polar surface area (TPSA) is 94.8 Å². The Morgan fingerprint density at radius 2 is 1.76 bits per heavy atom. The Hall–Kier alpha value is -5.54. The van der Waals surface area contributed by atoms with Gasteiger partial charge in [-0.05, 0) is 79.7 Å². The number of ether oxygens (including phenoxy) is 1. The second-order valence-corrected chi connectivity index (χ2v) is 11.6. The van der Waals surface area contributed by atoms with Crippen LogP contribution in [0.2, 0.25) is 0 Å². The Kier molecular flexibility index (Phi) is 8.14. The van der Waals surface area contributed by atoms with Gasteiger partial charge < -0.3 is 19.9 Å². The van der Waals surface area contributed by atoms with Gasteiger partial charge >= 0.3 is 0 Å². The van der Waals surface area contributed by atoms with E-state index in [1.807, 2.05) is 79.9 Å². The third-order valence-electron chi connectivity index (χ3n) is 7.94. The molecule has 0 aliphatic rings. The number of nitrogens with zero attached hydrogens (tertiary/aromatic N) is 4. The van der Waals surface area contributed by atoms with Crippen molar-refractivity contribution in [2.75, 3.05) is 39.1 Å². The van der Waals surface area contributed by atoms with Crippen LogP contribution in [0, 0.1) is 5.82 Å². The lowest BCUT2D eigenvalue weighted by molar-refractivity contribution is 0.260. The fraction of sp³-hybridized carbons (Fsp3) is 0.162. The first-order valence-corrected chi connectivity index (χ1v) is 15.3. The van der Waals surface area contributed by atoms with E-state index >= 15 is 0 Å². The van der Waals surface area contributed by atoms with Crippen LogP contribution in [0.3, 0.4) is 0 Å². The zero-order chi connectivity index (χ0) is 31.5. The minimum absolute atomic E-state index is 0.343. The van der Waals surface area contributed by atoms with Gasteiger partial charge in [0.15, 0.2) is 0 Å². The Balaban J connectivity index is 1.17. The largest absolute Gasteiger partial charge is 0.492 e. The predicted molar refractivity (Wildman–Crippen MR) is 182 cm³/mol. The van der Waals surface area contributed by atoms with E-state index in [1.165, 1.54) is 17.7 Å². The second-order valence-electron chi connectivity index (χ2n) is 11.6. The molecule has 3 N–H and O–H groups in total. The number of likely N-dealkylation sites (N-methyl/N-ethyl adjacent to an activating group) is 1. The van der Waals surface area contributed by atoms with E-state index in [2.05, 4.69) is 55.8 Å². The van der Waals surface area contributed by atoms with E-state index < -0.39 is 0 Å². The highest BCUT2D eigenvalue weighted by atomic mass is 19.1. The smallest absolute Gasteiger partial charge is 0.135 e. The number of rotatable bonds is 11. The number of aromatic amines is 2.